The van der Waals surface area contributed by atoms with Crippen LogP contribution in [0.2, 0.25) is 0 Å². The molecule has 0 aromatic rings. The van der Waals surface area contributed by atoms with Crippen LogP contribution in [0.25, 0.3) is 0 Å². The van der Waals surface area contributed by atoms with Gasteiger partial charge in [-0.1, -0.05) is 20.8 Å². The Morgan fingerprint density at radius 1 is 1.37 bits per heavy atom. The summed E-state index contributed by atoms with van der Waals surface area (Å²) in [4.78, 5) is 15.7. The largest absolute Gasteiger partial charge is 0.480 e. The third-order valence-corrected chi connectivity index (χ3v) is 3.78. The van der Waals surface area contributed by atoms with E-state index < -0.39 is 5.97 Å². The van der Waals surface area contributed by atoms with Gasteiger partial charge in [-0.25, -0.2) is 0 Å². The maximum atomic E-state index is 11.0. The van der Waals surface area contributed by atoms with Crippen LogP contribution in [0.1, 0.15) is 46.5 Å². The number of carbonyl (C=O) groups is 1. The highest BCUT2D eigenvalue weighted by molar-refractivity contribution is 5.69. The van der Waals surface area contributed by atoms with Crippen molar-refractivity contribution in [3.8, 4) is 0 Å². The molecule has 1 N–H and O–H groups in total. The van der Waals surface area contributed by atoms with E-state index in [0.717, 1.165) is 25.9 Å². The molecule has 1 aliphatic rings. The molecule has 0 aromatic heterocycles. The Hall–Kier alpha value is -0.610. The molecule has 1 unspecified atom stereocenters. The summed E-state index contributed by atoms with van der Waals surface area (Å²) in [6.45, 7) is 11.1. The fourth-order valence-corrected chi connectivity index (χ4v) is 3.03. The number of aliphatic carboxylic acids is 1. The van der Waals surface area contributed by atoms with Crippen molar-refractivity contribution in [2.24, 2.45) is 5.92 Å². The van der Waals surface area contributed by atoms with Crippen molar-refractivity contribution in [2.45, 2.75) is 52.5 Å². The summed E-state index contributed by atoms with van der Waals surface area (Å²) in [7, 11) is 0. The summed E-state index contributed by atoms with van der Waals surface area (Å²) < 4.78 is 0. The van der Waals surface area contributed by atoms with E-state index in [2.05, 4.69) is 30.6 Å². The number of hydrogen-bond acceptors (Lipinski definition) is 3. The van der Waals surface area contributed by atoms with E-state index in [-0.39, 0.29) is 6.54 Å². The fourth-order valence-electron chi connectivity index (χ4n) is 3.03. The van der Waals surface area contributed by atoms with Gasteiger partial charge in [-0.05, 0) is 51.2 Å². The van der Waals surface area contributed by atoms with Crippen LogP contribution in [0.3, 0.4) is 0 Å². The predicted octanol–water partition coefficient (Wildman–Crippen LogP) is 2.29. The summed E-state index contributed by atoms with van der Waals surface area (Å²) in [6, 6.07) is 0.445. The lowest BCUT2D eigenvalue weighted by atomic mass is 10.1. The highest BCUT2D eigenvalue weighted by Gasteiger charge is 2.24. The molecule has 0 radical (unpaired) electrons. The van der Waals surface area contributed by atoms with Crippen LogP contribution in [-0.4, -0.2) is 59.6 Å². The predicted molar refractivity (Wildman–Crippen MR) is 78.4 cm³/mol. The molecule has 0 spiro atoms. The number of carboxylic acid groups (broad SMARTS) is 1. The molecule has 0 aliphatic carbocycles. The molecule has 0 bridgehead atoms. The molecular formula is C15H30N2O2. The van der Waals surface area contributed by atoms with E-state index >= 15 is 0 Å². The average Bonchev–Trinajstić information content (AvgIpc) is 2.53. The van der Waals surface area contributed by atoms with Crippen LogP contribution in [0.15, 0.2) is 0 Å². The Labute approximate surface area is 117 Å². The van der Waals surface area contributed by atoms with Gasteiger partial charge in [0.1, 0.15) is 0 Å². The molecule has 0 amide bonds. The normalized spacial score (nSPS) is 21.8. The maximum Gasteiger partial charge on any atom is 0.317 e. The van der Waals surface area contributed by atoms with Crippen molar-refractivity contribution in [2.75, 3.05) is 32.7 Å². The number of hydrogen-bond donors (Lipinski definition) is 1. The lowest BCUT2D eigenvalue weighted by Crippen LogP contribution is -2.41. The smallest absolute Gasteiger partial charge is 0.317 e. The van der Waals surface area contributed by atoms with E-state index in [1.807, 2.05) is 0 Å². The molecule has 112 valence electrons. The van der Waals surface area contributed by atoms with Gasteiger partial charge in [-0.2, -0.15) is 0 Å². The first-order chi connectivity index (χ1) is 9.02. The van der Waals surface area contributed by atoms with Crippen molar-refractivity contribution in [1.82, 2.24) is 9.80 Å². The topological polar surface area (TPSA) is 43.8 Å². The van der Waals surface area contributed by atoms with Crippen LogP contribution in [0.5, 0.6) is 0 Å². The Balaban J connectivity index is 2.55. The fraction of sp³-hybridized carbons (Fsp3) is 0.933. The molecule has 1 fully saturated rings. The van der Waals surface area contributed by atoms with Gasteiger partial charge in [0.2, 0.25) is 0 Å². The first kappa shape index (κ1) is 16.4. The van der Waals surface area contributed by atoms with E-state index in [9.17, 15) is 4.79 Å². The van der Waals surface area contributed by atoms with Crippen molar-refractivity contribution in [1.29, 1.82) is 0 Å². The molecule has 1 atom stereocenters. The molecule has 1 rings (SSSR count). The number of rotatable bonds is 7. The molecule has 4 nitrogen and oxygen atoms in total. The molecular weight excluding hydrogens is 240 g/mol. The van der Waals surface area contributed by atoms with E-state index in [4.69, 9.17) is 5.11 Å². The first-order valence-electron chi connectivity index (χ1n) is 7.71. The van der Waals surface area contributed by atoms with Crippen molar-refractivity contribution in [3.05, 3.63) is 0 Å². The number of likely N-dealkylation sites (tertiary alicyclic amines) is 1. The second-order valence-corrected chi connectivity index (χ2v) is 6.14. The summed E-state index contributed by atoms with van der Waals surface area (Å²) in [5.41, 5.74) is 0. The minimum absolute atomic E-state index is 0.191. The van der Waals surface area contributed by atoms with E-state index in [1.54, 1.807) is 0 Å². The molecule has 1 heterocycles. The van der Waals surface area contributed by atoms with Crippen LogP contribution in [0.4, 0.5) is 0 Å². The van der Waals surface area contributed by atoms with Crippen LogP contribution >= 0.6 is 0 Å². The molecule has 1 saturated heterocycles. The van der Waals surface area contributed by atoms with Gasteiger partial charge < -0.3 is 10.0 Å². The minimum atomic E-state index is -0.699. The summed E-state index contributed by atoms with van der Waals surface area (Å²) >= 11 is 0. The van der Waals surface area contributed by atoms with Gasteiger partial charge >= 0.3 is 5.97 Å². The summed E-state index contributed by atoms with van der Waals surface area (Å²) in [6.07, 6.45) is 4.65. The van der Waals surface area contributed by atoms with Crippen LogP contribution < -0.4 is 0 Å². The van der Waals surface area contributed by atoms with Gasteiger partial charge in [-0.3, -0.25) is 9.69 Å². The molecule has 19 heavy (non-hydrogen) atoms. The quantitative estimate of drug-likeness (QED) is 0.771. The molecule has 0 saturated carbocycles. The Kier molecular flexibility index (Phi) is 7.39. The third kappa shape index (κ3) is 6.39. The van der Waals surface area contributed by atoms with Crippen LogP contribution in [0, 0.1) is 5.92 Å². The average molecular weight is 270 g/mol. The van der Waals surface area contributed by atoms with Gasteiger partial charge in [0.15, 0.2) is 0 Å². The first-order valence-corrected chi connectivity index (χ1v) is 7.71. The highest BCUT2D eigenvalue weighted by atomic mass is 16.4. The zero-order chi connectivity index (χ0) is 14.3. The van der Waals surface area contributed by atoms with Crippen molar-refractivity contribution in [3.63, 3.8) is 0 Å². The third-order valence-electron chi connectivity index (χ3n) is 3.78. The Morgan fingerprint density at radius 3 is 2.68 bits per heavy atom. The van der Waals surface area contributed by atoms with Gasteiger partial charge in [-0.15, -0.1) is 0 Å². The molecule has 4 heteroatoms. The number of carboxylic acids is 1. The van der Waals surface area contributed by atoms with Gasteiger partial charge in [0.05, 0.1) is 6.54 Å². The second-order valence-electron chi connectivity index (χ2n) is 6.14. The van der Waals surface area contributed by atoms with Crippen molar-refractivity contribution >= 4 is 5.97 Å². The summed E-state index contributed by atoms with van der Waals surface area (Å²) in [5.74, 6) is -0.176. The second kappa shape index (κ2) is 8.54. The monoisotopic (exact) mass is 270 g/mol. The van der Waals surface area contributed by atoms with E-state index in [0.29, 0.717) is 12.0 Å². The standard InChI is InChI=1S/C15H30N2O2/c1-4-8-16-9-5-6-14(7-10-16)17(11-13(2)3)12-15(18)19/h13-14H,4-12H2,1-3H3,(H,18,19). The Morgan fingerprint density at radius 2 is 2.11 bits per heavy atom. The van der Waals surface area contributed by atoms with Crippen LogP contribution in [-0.2, 0) is 4.79 Å². The zero-order valence-corrected chi connectivity index (χ0v) is 12.8. The summed E-state index contributed by atoms with van der Waals surface area (Å²) in [5, 5.41) is 9.08. The lowest BCUT2D eigenvalue weighted by Gasteiger charge is -2.31. The van der Waals surface area contributed by atoms with Gasteiger partial charge in [0.25, 0.3) is 0 Å². The zero-order valence-electron chi connectivity index (χ0n) is 12.8. The highest BCUT2D eigenvalue weighted by Crippen LogP contribution is 2.18. The maximum absolute atomic E-state index is 11.0. The lowest BCUT2D eigenvalue weighted by molar-refractivity contribution is -0.139. The number of nitrogens with zero attached hydrogens (tertiary/aromatic N) is 2. The van der Waals surface area contributed by atoms with Crippen molar-refractivity contribution < 1.29 is 9.90 Å². The SMILES string of the molecule is CCCN1CCCC(N(CC(=O)O)CC(C)C)CC1. The Bertz CT molecular complexity index is 269. The minimum Gasteiger partial charge on any atom is -0.480 e. The van der Waals surface area contributed by atoms with Gasteiger partial charge in [0, 0.05) is 12.6 Å². The molecule has 0 aromatic carbocycles. The molecule has 1 aliphatic heterocycles. The van der Waals surface area contributed by atoms with E-state index in [1.165, 1.54) is 25.9 Å².